The number of rotatable bonds is 0. The predicted octanol–water partition coefficient (Wildman–Crippen LogP) is -13.9. The molecule has 0 atom stereocenters. The Balaban J connectivity index is -0.0000000134. The molecule has 0 bridgehead atoms. The normalized spacial score (nSPS) is 5.40. The van der Waals surface area contributed by atoms with Gasteiger partial charge in [-0.25, -0.2) is 0 Å². The first-order valence-corrected chi connectivity index (χ1v) is 3.87. The monoisotopic (exact) mass is 421 g/mol. The van der Waals surface area contributed by atoms with E-state index < -0.39 is 36.6 Å². The Morgan fingerprint density at radius 1 is 0.240 bits per heavy atom. The average molecular weight is 420 g/mol. The zero-order valence-corrected chi connectivity index (χ0v) is 15.7. The van der Waals surface area contributed by atoms with Crippen LogP contribution in [0.25, 0.3) is 0 Å². The number of hydrogen-bond donors (Lipinski definition) is 15. The van der Waals surface area contributed by atoms with Crippen molar-refractivity contribution in [3.63, 3.8) is 0 Å². The second-order valence-electron chi connectivity index (χ2n) is 1.73. The van der Waals surface area contributed by atoms with Gasteiger partial charge in [-0.15, -0.1) is 0 Å². The molecule has 0 aromatic heterocycles. The van der Waals surface area contributed by atoms with Crippen molar-refractivity contribution in [1.82, 2.24) is 0 Å². The van der Waals surface area contributed by atoms with Crippen LogP contribution in [0.2, 0.25) is 0 Å². The van der Waals surface area contributed by atoms with Crippen LogP contribution in [0.15, 0.2) is 0 Å². The number of hydrogen-bond acceptors (Lipinski definition) is 15. The van der Waals surface area contributed by atoms with Crippen LogP contribution >= 0.6 is 0 Å². The van der Waals surface area contributed by atoms with Crippen molar-refractivity contribution in [2.75, 3.05) is 0 Å². The van der Waals surface area contributed by atoms with Gasteiger partial charge in [-0.05, 0) is 0 Å². The largest absolute Gasteiger partial charge is 0.631 e. The van der Waals surface area contributed by atoms with Crippen LogP contribution in [0.5, 0.6) is 0 Å². The van der Waals surface area contributed by atoms with Gasteiger partial charge < -0.3 is 97.3 Å². The van der Waals surface area contributed by atoms with E-state index in [1.165, 1.54) is 0 Å². The summed E-state index contributed by atoms with van der Waals surface area (Å²) in [7, 11) is -10.8. The van der Waals surface area contributed by atoms with Crippen LogP contribution < -0.4 is 0 Å². The molecule has 0 fully saturated rings. The van der Waals surface area contributed by atoms with Crippen LogP contribution in [0.1, 0.15) is 0 Å². The van der Waals surface area contributed by atoms with Crippen molar-refractivity contribution in [1.29, 1.82) is 0 Å². The maximum atomic E-state index is 7.17. The van der Waals surface area contributed by atoms with Crippen molar-refractivity contribution >= 4 is 88.0 Å². The summed E-state index contributed by atoms with van der Waals surface area (Å²) >= 11 is 0. The van der Waals surface area contributed by atoms with Gasteiger partial charge in [0.1, 0.15) is 0 Å². The molecule has 0 aliphatic heterocycles. The molecule has 0 aromatic carbocycles. The van der Waals surface area contributed by atoms with E-state index >= 15 is 0 Å². The Hall–Kier alpha value is 1.20. The van der Waals surface area contributed by atoms with Crippen molar-refractivity contribution in [2.45, 2.75) is 0 Å². The Labute approximate surface area is 184 Å². The van der Waals surface area contributed by atoms with Gasteiger partial charge in [0.05, 0.1) is 0 Å². The van der Waals surface area contributed by atoms with Crippen LogP contribution in [0.4, 0.5) is 0 Å². The Bertz CT molecular complexity index is 82.4. The summed E-state index contributed by atoms with van der Waals surface area (Å²) in [6.45, 7) is 0. The molecule has 0 spiro atoms. The molecule has 1 radical (unpaired) electrons. The molecule has 0 aliphatic rings. The summed E-state index contributed by atoms with van der Waals surface area (Å²) in [6, 6.07) is 0. The van der Waals surface area contributed by atoms with Crippen LogP contribution in [0, 0.1) is 0 Å². The predicted molar refractivity (Wildman–Crippen MR) is 82.3 cm³/mol. The quantitative estimate of drug-likeness (QED) is 0.162. The minimum Gasteiger partial charge on any atom is -0.412 e. The van der Waals surface area contributed by atoms with Gasteiger partial charge in [0, 0.05) is 51.4 Å². The molecule has 0 aliphatic carbocycles. The molecule has 0 heterocycles. The van der Waals surface area contributed by atoms with Crippen LogP contribution in [-0.2, 0) is 0 Å². The standard InChI is InChI=1S/5BH3O3.K.4H2O/c5*2-1(3)4;;;;;/h5*2-4H;;4*1H2. The summed E-state index contributed by atoms with van der Waals surface area (Å²) in [5.41, 5.74) is 0. The van der Waals surface area contributed by atoms with Crippen molar-refractivity contribution < 1.29 is 97.3 Å². The zero-order chi connectivity index (χ0) is 17.9. The molecule has 0 unspecified atom stereocenters. The Morgan fingerprint density at radius 2 is 0.240 bits per heavy atom. The first-order valence-electron chi connectivity index (χ1n) is 3.87. The molecule has 25 heavy (non-hydrogen) atoms. The van der Waals surface area contributed by atoms with E-state index in [1.54, 1.807) is 0 Å². The summed E-state index contributed by atoms with van der Waals surface area (Å²) in [6.07, 6.45) is 0. The molecule has 0 amide bonds. The van der Waals surface area contributed by atoms with Gasteiger partial charge in [0.2, 0.25) is 0 Å². The topological polar surface area (TPSA) is 429 Å². The maximum Gasteiger partial charge on any atom is 0.631 e. The SMILES string of the molecule is O.O.O.O.OB(O)O.OB(O)O.OB(O)O.OB(O)O.OB(O)O.[K]. The Kier molecular flexibility index (Phi) is 143. The molecule has 19 nitrogen and oxygen atoms in total. The fourth-order valence-corrected chi connectivity index (χ4v) is 0. The van der Waals surface area contributed by atoms with E-state index in [9.17, 15) is 0 Å². The minimum absolute atomic E-state index is 0. The third-order valence-electron chi connectivity index (χ3n) is 0. The summed E-state index contributed by atoms with van der Waals surface area (Å²) < 4.78 is 0. The molecule has 0 saturated heterocycles. The first-order chi connectivity index (χ1) is 8.66. The fraction of sp³-hybridized carbons (Fsp3) is 0. The van der Waals surface area contributed by atoms with E-state index in [0.717, 1.165) is 0 Å². The molecular weight excluding hydrogens is 397 g/mol. The van der Waals surface area contributed by atoms with E-state index in [4.69, 9.17) is 75.4 Å². The summed E-state index contributed by atoms with van der Waals surface area (Å²) in [5.74, 6) is 0. The van der Waals surface area contributed by atoms with Crippen molar-refractivity contribution in [3.05, 3.63) is 0 Å². The van der Waals surface area contributed by atoms with Gasteiger partial charge in [-0.2, -0.15) is 0 Å². The maximum absolute atomic E-state index is 7.17. The van der Waals surface area contributed by atoms with Gasteiger partial charge >= 0.3 is 36.6 Å². The van der Waals surface area contributed by atoms with Gasteiger partial charge in [-0.3, -0.25) is 0 Å². The Morgan fingerprint density at radius 3 is 0.240 bits per heavy atom. The molecular formula is H23B5KO19. The third-order valence-corrected chi connectivity index (χ3v) is 0. The molecule has 25 heteroatoms. The second kappa shape index (κ2) is 56.2. The third kappa shape index (κ3) is 9400. The molecule has 0 aromatic rings. The van der Waals surface area contributed by atoms with Crippen LogP contribution in [-0.4, -0.2) is 185 Å². The molecule has 0 saturated carbocycles. The van der Waals surface area contributed by atoms with Gasteiger partial charge in [0.25, 0.3) is 0 Å². The zero-order valence-electron chi connectivity index (χ0n) is 12.6. The molecule has 0 rings (SSSR count). The summed E-state index contributed by atoms with van der Waals surface area (Å²) in [4.78, 5) is 0. The van der Waals surface area contributed by atoms with E-state index in [1.807, 2.05) is 0 Å². The molecule has 23 N–H and O–H groups in total. The second-order valence-corrected chi connectivity index (χ2v) is 1.73. The minimum atomic E-state index is -2.17. The average Bonchev–Trinajstić information content (AvgIpc) is 1.94. The fourth-order valence-electron chi connectivity index (χ4n) is 0. The van der Waals surface area contributed by atoms with E-state index in [2.05, 4.69) is 0 Å². The van der Waals surface area contributed by atoms with Crippen LogP contribution in [0.3, 0.4) is 0 Å². The van der Waals surface area contributed by atoms with Gasteiger partial charge in [-0.1, -0.05) is 0 Å². The summed E-state index contributed by atoms with van der Waals surface area (Å²) in [5, 5.41) is 108. The first kappa shape index (κ1) is 63.4. The van der Waals surface area contributed by atoms with Crippen molar-refractivity contribution in [3.8, 4) is 0 Å². The smallest absolute Gasteiger partial charge is 0.412 e. The molecule has 153 valence electrons. The van der Waals surface area contributed by atoms with E-state index in [0.29, 0.717) is 0 Å². The van der Waals surface area contributed by atoms with Gasteiger partial charge in [0.15, 0.2) is 0 Å². The van der Waals surface area contributed by atoms with Crippen molar-refractivity contribution in [2.24, 2.45) is 0 Å². The van der Waals surface area contributed by atoms with E-state index in [-0.39, 0.29) is 73.3 Å².